The lowest BCUT2D eigenvalue weighted by Gasteiger charge is -2.20. The van der Waals surface area contributed by atoms with Crippen molar-refractivity contribution in [2.24, 2.45) is 5.92 Å². The van der Waals surface area contributed by atoms with Crippen molar-refractivity contribution < 1.29 is 4.79 Å². The van der Waals surface area contributed by atoms with Gasteiger partial charge in [-0.1, -0.05) is 19.9 Å². The lowest BCUT2D eigenvalue weighted by molar-refractivity contribution is -0.121. The van der Waals surface area contributed by atoms with E-state index < -0.39 is 0 Å². The van der Waals surface area contributed by atoms with Crippen LogP contribution in [0.15, 0.2) is 22.3 Å². The molecule has 0 aliphatic heterocycles. The predicted molar refractivity (Wildman–Crippen MR) is 93.4 cm³/mol. The van der Waals surface area contributed by atoms with Crippen LogP contribution in [0.5, 0.6) is 0 Å². The summed E-state index contributed by atoms with van der Waals surface area (Å²) in [7, 11) is 0. The zero-order valence-corrected chi connectivity index (χ0v) is 14.8. The van der Waals surface area contributed by atoms with E-state index in [4.69, 9.17) is 0 Å². The van der Waals surface area contributed by atoms with Crippen LogP contribution >= 0.6 is 11.3 Å². The Morgan fingerprint density at radius 3 is 2.75 bits per heavy atom. The van der Waals surface area contributed by atoms with E-state index in [9.17, 15) is 9.59 Å². The van der Waals surface area contributed by atoms with Gasteiger partial charge in [-0.2, -0.15) is 9.50 Å². The lowest BCUT2D eigenvalue weighted by atomic mass is 10.2. The van der Waals surface area contributed by atoms with E-state index in [0.717, 1.165) is 4.88 Å². The molecule has 8 heteroatoms. The number of H-pyrrole nitrogens is 1. The van der Waals surface area contributed by atoms with Crippen molar-refractivity contribution in [3.8, 4) is 0 Å². The topological polar surface area (TPSA) is 83.4 Å². The third-order valence-corrected chi connectivity index (χ3v) is 4.72. The van der Waals surface area contributed by atoms with E-state index in [1.165, 1.54) is 4.52 Å². The van der Waals surface area contributed by atoms with Crippen molar-refractivity contribution in [2.75, 3.05) is 4.90 Å². The highest BCUT2D eigenvalue weighted by atomic mass is 32.1. The fourth-order valence-corrected chi connectivity index (χ4v) is 3.03. The maximum atomic E-state index is 12.6. The number of aromatic nitrogens is 4. The van der Waals surface area contributed by atoms with E-state index in [1.807, 2.05) is 31.4 Å². The van der Waals surface area contributed by atoms with Gasteiger partial charge in [0, 0.05) is 22.1 Å². The van der Waals surface area contributed by atoms with Gasteiger partial charge in [-0.15, -0.1) is 11.3 Å². The molecule has 24 heavy (non-hydrogen) atoms. The number of carbonyl (C=O) groups is 1. The monoisotopic (exact) mass is 345 g/mol. The third-order valence-electron chi connectivity index (χ3n) is 3.86. The minimum absolute atomic E-state index is 0.0658. The molecule has 0 unspecified atom stereocenters. The Kier molecular flexibility index (Phi) is 4.23. The summed E-state index contributed by atoms with van der Waals surface area (Å²) in [4.78, 5) is 36.3. The third kappa shape index (κ3) is 2.84. The SMILES string of the molecule is Cc1nc2nc(N(Cc3cccs3)C(=O)C(C)C)[nH]n2c(=O)c1C. The molecule has 0 aromatic carbocycles. The highest BCUT2D eigenvalue weighted by molar-refractivity contribution is 7.09. The fraction of sp³-hybridized carbons (Fsp3) is 0.375. The predicted octanol–water partition coefficient (Wildman–Crippen LogP) is 2.29. The van der Waals surface area contributed by atoms with Crippen LogP contribution in [0.4, 0.5) is 5.95 Å². The minimum Gasteiger partial charge on any atom is -0.276 e. The normalized spacial score (nSPS) is 11.4. The Morgan fingerprint density at radius 1 is 1.38 bits per heavy atom. The number of thiophene rings is 1. The fourth-order valence-electron chi connectivity index (χ4n) is 2.34. The summed E-state index contributed by atoms with van der Waals surface area (Å²) in [6, 6.07) is 3.90. The van der Waals surface area contributed by atoms with Crippen molar-refractivity contribution in [3.05, 3.63) is 44.0 Å². The molecule has 0 spiro atoms. The van der Waals surface area contributed by atoms with Gasteiger partial charge in [0.15, 0.2) is 0 Å². The quantitative estimate of drug-likeness (QED) is 0.786. The minimum atomic E-state index is -0.204. The summed E-state index contributed by atoms with van der Waals surface area (Å²) in [5.41, 5.74) is 0.991. The number of nitrogens with zero attached hydrogens (tertiary/aromatic N) is 4. The summed E-state index contributed by atoms with van der Waals surface area (Å²) in [6.45, 7) is 7.57. The Labute approximate surface area is 143 Å². The summed E-state index contributed by atoms with van der Waals surface area (Å²) in [5.74, 6) is 0.345. The average molecular weight is 345 g/mol. The number of hydrogen-bond donors (Lipinski definition) is 1. The molecule has 0 bridgehead atoms. The highest BCUT2D eigenvalue weighted by Crippen LogP contribution is 2.19. The van der Waals surface area contributed by atoms with E-state index in [0.29, 0.717) is 23.8 Å². The van der Waals surface area contributed by atoms with Gasteiger partial charge in [0.1, 0.15) is 0 Å². The van der Waals surface area contributed by atoms with Gasteiger partial charge in [-0.3, -0.25) is 19.6 Å². The number of aryl methyl sites for hydroxylation is 1. The summed E-state index contributed by atoms with van der Waals surface area (Å²) >= 11 is 1.57. The van der Waals surface area contributed by atoms with E-state index >= 15 is 0 Å². The molecule has 1 amide bonds. The number of carbonyl (C=O) groups excluding carboxylic acids is 1. The second-order valence-corrected chi connectivity index (χ2v) is 7.00. The molecule has 0 fully saturated rings. The summed E-state index contributed by atoms with van der Waals surface area (Å²) < 4.78 is 1.28. The number of amides is 1. The van der Waals surface area contributed by atoms with Gasteiger partial charge in [0.25, 0.3) is 11.3 Å². The van der Waals surface area contributed by atoms with Crippen LogP contribution in [0.1, 0.15) is 30.0 Å². The van der Waals surface area contributed by atoms with Gasteiger partial charge >= 0.3 is 0 Å². The molecule has 3 rings (SSSR count). The molecule has 0 atom stereocenters. The van der Waals surface area contributed by atoms with Gasteiger partial charge in [-0.25, -0.2) is 4.98 Å². The van der Waals surface area contributed by atoms with Crippen LogP contribution in [-0.2, 0) is 11.3 Å². The Hall–Kier alpha value is -2.48. The van der Waals surface area contributed by atoms with Crippen LogP contribution in [0.2, 0.25) is 0 Å². The second kappa shape index (κ2) is 6.20. The van der Waals surface area contributed by atoms with Gasteiger partial charge in [0.2, 0.25) is 11.9 Å². The molecular formula is C16H19N5O2S. The number of anilines is 1. The number of nitrogens with one attached hydrogen (secondary N) is 1. The zero-order chi connectivity index (χ0) is 17.4. The number of aromatic amines is 1. The molecule has 0 saturated heterocycles. The van der Waals surface area contributed by atoms with Crippen molar-refractivity contribution in [1.29, 1.82) is 0 Å². The Morgan fingerprint density at radius 2 is 2.12 bits per heavy atom. The molecule has 7 nitrogen and oxygen atoms in total. The molecule has 0 saturated carbocycles. The van der Waals surface area contributed by atoms with E-state index in [1.54, 1.807) is 30.1 Å². The van der Waals surface area contributed by atoms with E-state index in [2.05, 4.69) is 15.1 Å². The molecule has 0 aliphatic rings. The number of hydrogen-bond acceptors (Lipinski definition) is 5. The smallest absolute Gasteiger partial charge is 0.276 e. The number of fused-ring (bicyclic) bond motifs is 1. The maximum absolute atomic E-state index is 12.6. The molecule has 0 aliphatic carbocycles. The lowest BCUT2D eigenvalue weighted by Crippen LogP contribution is -2.34. The van der Waals surface area contributed by atoms with Crippen molar-refractivity contribution in [1.82, 2.24) is 19.6 Å². The van der Waals surface area contributed by atoms with Crippen molar-refractivity contribution in [3.63, 3.8) is 0 Å². The first-order valence-electron chi connectivity index (χ1n) is 7.68. The van der Waals surface area contributed by atoms with Crippen LogP contribution in [0.25, 0.3) is 5.78 Å². The van der Waals surface area contributed by atoms with Crippen LogP contribution in [-0.4, -0.2) is 25.5 Å². The van der Waals surface area contributed by atoms with Gasteiger partial charge < -0.3 is 0 Å². The van der Waals surface area contributed by atoms with Gasteiger partial charge in [-0.05, 0) is 25.3 Å². The molecule has 126 valence electrons. The van der Waals surface area contributed by atoms with Crippen LogP contribution in [0, 0.1) is 19.8 Å². The standard InChI is InChI=1S/C16H19N5O2S/c1-9(2)13(22)20(8-12-6-5-7-24-12)16-18-15-17-11(4)10(3)14(23)21(15)19-16/h5-7,9H,8H2,1-4H3,(H,17,18,19). The maximum Gasteiger partial charge on any atom is 0.277 e. The van der Waals surface area contributed by atoms with Crippen molar-refractivity contribution >= 4 is 29.0 Å². The molecule has 0 radical (unpaired) electrons. The van der Waals surface area contributed by atoms with Crippen LogP contribution < -0.4 is 10.5 Å². The summed E-state index contributed by atoms with van der Waals surface area (Å²) in [5, 5.41) is 4.88. The largest absolute Gasteiger partial charge is 0.277 e. The average Bonchev–Trinajstić information content (AvgIpc) is 3.19. The second-order valence-electron chi connectivity index (χ2n) is 5.97. The zero-order valence-electron chi connectivity index (χ0n) is 14.0. The van der Waals surface area contributed by atoms with Crippen molar-refractivity contribution in [2.45, 2.75) is 34.2 Å². The van der Waals surface area contributed by atoms with Gasteiger partial charge in [0.05, 0.1) is 6.54 Å². The number of rotatable bonds is 4. The first-order chi connectivity index (χ1) is 11.4. The van der Waals surface area contributed by atoms with Crippen LogP contribution in [0.3, 0.4) is 0 Å². The molecule has 3 aromatic heterocycles. The molecule has 3 aromatic rings. The Balaban J connectivity index is 2.10. The summed E-state index contributed by atoms with van der Waals surface area (Å²) in [6.07, 6.45) is 0. The molecule has 3 heterocycles. The van der Waals surface area contributed by atoms with E-state index in [-0.39, 0.29) is 23.2 Å². The first-order valence-corrected chi connectivity index (χ1v) is 8.56. The Bertz CT molecular complexity index is 939. The first kappa shape index (κ1) is 16.4. The highest BCUT2D eigenvalue weighted by Gasteiger charge is 2.23. The molecule has 1 N–H and O–H groups in total. The molecular weight excluding hydrogens is 326 g/mol.